The number of benzene rings is 4. The number of hydrogen-bond donors (Lipinski definition) is 0. The van der Waals surface area contributed by atoms with Crippen LogP contribution in [0.15, 0.2) is 131 Å². The standard InChI is InChI=1S/C32H26FN3O3S/c1-23-12-18-29(19-13-23)40(38,39)36-31(24-8-4-2-5-9-24)34-35(27-10-6-3-7-11-27)30-22-28(37)20-21-32(30,36)25-14-16-26(33)17-15-25/h2-21,30H,22H2,1H3/t30-,32-/m1/s1. The number of allylic oxidation sites excluding steroid dienone is 1. The van der Waals surface area contributed by atoms with Gasteiger partial charge in [0.15, 0.2) is 11.6 Å². The van der Waals surface area contributed by atoms with E-state index < -0.39 is 27.4 Å². The van der Waals surface area contributed by atoms with E-state index in [0.717, 1.165) is 5.56 Å². The first-order valence-electron chi connectivity index (χ1n) is 12.9. The predicted molar refractivity (Wildman–Crippen MR) is 153 cm³/mol. The zero-order valence-corrected chi connectivity index (χ0v) is 22.5. The average molecular weight is 552 g/mol. The number of anilines is 1. The van der Waals surface area contributed by atoms with Gasteiger partial charge in [-0.15, -0.1) is 0 Å². The molecule has 0 saturated carbocycles. The summed E-state index contributed by atoms with van der Waals surface area (Å²) >= 11 is 0. The molecule has 4 aromatic carbocycles. The van der Waals surface area contributed by atoms with Crippen LogP contribution in [-0.4, -0.2) is 30.4 Å². The number of rotatable bonds is 5. The van der Waals surface area contributed by atoms with Gasteiger partial charge >= 0.3 is 0 Å². The lowest BCUT2D eigenvalue weighted by molar-refractivity contribution is -0.116. The van der Waals surface area contributed by atoms with Gasteiger partial charge in [0, 0.05) is 12.0 Å². The number of hydrogen-bond acceptors (Lipinski definition) is 5. The van der Waals surface area contributed by atoms with Gasteiger partial charge in [0.25, 0.3) is 10.0 Å². The quantitative estimate of drug-likeness (QED) is 0.314. The lowest BCUT2D eigenvalue weighted by atomic mass is 9.75. The second-order valence-electron chi connectivity index (χ2n) is 9.90. The summed E-state index contributed by atoms with van der Waals surface area (Å²) in [7, 11) is -4.27. The molecule has 0 fully saturated rings. The van der Waals surface area contributed by atoms with Gasteiger partial charge in [-0.1, -0.05) is 78.4 Å². The summed E-state index contributed by atoms with van der Waals surface area (Å²) in [5.41, 5.74) is 1.27. The van der Waals surface area contributed by atoms with E-state index in [4.69, 9.17) is 5.10 Å². The zero-order chi connectivity index (χ0) is 27.9. The number of carbonyl (C=O) groups excluding carboxylic acids is 1. The van der Waals surface area contributed by atoms with E-state index in [1.165, 1.54) is 22.5 Å². The summed E-state index contributed by atoms with van der Waals surface area (Å²) < 4.78 is 45.0. The first kappa shape index (κ1) is 25.7. The molecule has 40 heavy (non-hydrogen) atoms. The summed E-state index contributed by atoms with van der Waals surface area (Å²) in [6.45, 7) is 1.89. The van der Waals surface area contributed by atoms with E-state index in [0.29, 0.717) is 16.8 Å². The maximum atomic E-state index is 14.7. The minimum atomic E-state index is -4.27. The molecule has 0 amide bonds. The molecule has 0 radical (unpaired) electrons. The molecule has 1 aliphatic carbocycles. The summed E-state index contributed by atoms with van der Waals surface area (Å²) in [5, 5.41) is 6.69. The van der Waals surface area contributed by atoms with E-state index in [9.17, 15) is 17.6 Å². The Morgan fingerprint density at radius 2 is 1.48 bits per heavy atom. The summed E-state index contributed by atoms with van der Waals surface area (Å²) in [4.78, 5) is 13.0. The van der Waals surface area contributed by atoms with Crippen molar-refractivity contribution in [1.29, 1.82) is 0 Å². The summed E-state index contributed by atoms with van der Waals surface area (Å²) in [6.07, 6.45) is 3.05. The highest BCUT2D eigenvalue weighted by Gasteiger charge is 2.57. The highest BCUT2D eigenvalue weighted by Crippen LogP contribution is 2.48. The van der Waals surface area contributed by atoms with Gasteiger partial charge in [-0.3, -0.25) is 9.80 Å². The van der Waals surface area contributed by atoms with Crippen LogP contribution in [0.1, 0.15) is 23.1 Å². The van der Waals surface area contributed by atoms with E-state index in [1.807, 2.05) is 55.5 Å². The molecule has 2 atom stereocenters. The van der Waals surface area contributed by atoms with Crippen molar-refractivity contribution in [3.63, 3.8) is 0 Å². The third-order valence-corrected chi connectivity index (χ3v) is 9.19. The lowest BCUT2D eigenvalue weighted by Gasteiger charge is -2.54. The highest BCUT2D eigenvalue weighted by atomic mass is 32.2. The van der Waals surface area contributed by atoms with Crippen molar-refractivity contribution >= 4 is 27.3 Å². The third kappa shape index (κ3) is 4.21. The molecule has 1 heterocycles. The van der Waals surface area contributed by atoms with E-state index in [1.54, 1.807) is 59.6 Å². The van der Waals surface area contributed by atoms with Crippen LogP contribution in [0.4, 0.5) is 10.1 Å². The molecule has 0 N–H and O–H groups in total. The molecular formula is C32H26FN3O3S. The minimum Gasteiger partial charge on any atom is -0.295 e. The number of ketones is 1. The van der Waals surface area contributed by atoms with Crippen LogP contribution in [-0.2, 0) is 20.4 Å². The Kier molecular flexibility index (Phi) is 6.35. The van der Waals surface area contributed by atoms with Crippen LogP contribution in [0.3, 0.4) is 0 Å². The zero-order valence-electron chi connectivity index (χ0n) is 21.7. The number of fused-ring (bicyclic) bond motifs is 1. The maximum Gasteiger partial charge on any atom is 0.266 e. The fourth-order valence-electron chi connectivity index (χ4n) is 5.44. The number of aryl methyl sites for hydroxylation is 1. The number of hydrazone groups is 1. The normalized spacial score (nSPS) is 20.7. The molecule has 4 aromatic rings. The Bertz CT molecular complexity index is 1720. The number of para-hydroxylation sites is 1. The molecule has 0 aromatic heterocycles. The van der Waals surface area contributed by atoms with Crippen molar-refractivity contribution in [2.45, 2.75) is 29.8 Å². The first-order chi connectivity index (χ1) is 19.3. The Labute approximate surface area is 232 Å². The Morgan fingerprint density at radius 3 is 2.12 bits per heavy atom. The Morgan fingerprint density at radius 1 is 0.850 bits per heavy atom. The van der Waals surface area contributed by atoms with Crippen LogP contribution >= 0.6 is 0 Å². The number of halogens is 1. The first-order valence-corrected chi connectivity index (χ1v) is 14.3. The molecular weight excluding hydrogens is 525 g/mol. The smallest absolute Gasteiger partial charge is 0.266 e. The largest absolute Gasteiger partial charge is 0.295 e. The molecule has 6 rings (SSSR count). The number of nitrogens with zero attached hydrogens (tertiary/aromatic N) is 3. The number of sulfonamides is 1. The molecule has 200 valence electrons. The topological polar surface area (TPSA) is 70.1 Å². The van der Waals surface area contributed by atoms with Crippen LogP contribution in [0.5, 0.6) is 0 Å². The molecule has 0 saturated heterocycles. The fraction of sp³-hybridized carbons (Fsp3) is 0.125. The fourth-order valence-corrected chi connectivity index (χ4v) is 7.19. The monoisotopic (exact) mass is 551 g/mol. The van der Waals surface area contributed by atoms with Gasteiger partial charge in [-0.05, 0) is 61.0 Å². The number of amidine groups is 1. The highest BCUT2D eigenvalue weighted by molar-refractivity contribution is 7.89. The summed E-state index contributed by atoms with van der Waals surface area (Å²) in [6, 6.07) is 30.1. The second kappa shape index (κ2) is 9.88. The maximum absolute atomic E-state index is 14.7. The molecule has 0 unspecified atom stereocenters. The second-order valence-corrected chi connectivity index (χ2v) is 11.7. The van der Waals surface area contributed by atoms with Gasteiger partial charge in [-0.25, -0.2) is 17.1 Å². The van der Waals surface area contributed by atoms with Crippen LogP contribution in [0.2, 0.25) is 0 Å². The molecule has 1 aliphatic heterocycles. The van der Waals surface area contributed by atoms with E-state index in [-0.39, 0.29) is 22.9 Å². The molecule has 6 nitrogen and oxygen atoms in total. The molecule has 8 heteroatoms. The molecule has 0 bridgehead atoms. The van der Waals surface area contributed by atoms with Crippen molar-refractivity contribution in [3.8, 4) is 0 Å². The number of carbonyl (C=O) groups is 1. The molecule has 0 spiro atoms. The van der Waals surface area contributed by atoms with Crippen LogP contribution < -0.4 is 5.01 Å². The Balaban J connectivity index is 1.73. The summed E-state index contributed by atoms with van der Waals surface area (Å²) in [5.74, 6) is -0.424. The van der Waals surface area contributed by atoms with Crippen molar-refractivity contribution in [2.24, 2.45) is 5.10 Å². The van der Waals surface area contributed by atoms with Crippen molar-refractivity contribution in [1.82, 2.24) is 4.31 Å². The van der Waals surface area contributed by atoms with Gasteiger partial charge < -0.3 is 0 Å². The SMILES string of the molecule is Cc1ccc(S(=O)(=O)N2C(c3ccccc3)=NN(c3ccccc3)[C@@H]3CC(=O)C=C[C@@]32c2ccc(F)cc2)cc1. The van der Waals surface area contributed by atoms with E-state index in [2.05, 4.69) is 0 Å². The van der Waals surface area contributed by atoms with Gasteiger partial charge in [0.1, 0.15) is 11.4 Å². The lowest BCUT2D eigenvalue weighted by Crippen LogP contribution is -2.66. The average Bonchev–Trinajstić information content (AvgIpc) is 2.98. The van der Waals surface area contributed by atoms with Crippen molar-refractivity contribution < 1.29 is 17.6 Å². The van der Waals surface area contributed by atoms with Gasteiger partial charge in [0.2, 0.25) is 0 Å². The van der Waals surface area contributed by atoms with Crippen LogP contribution in [0.25, 0.3) is 0 Å². The predicted octanol–water partition coefficient (Wildman–Crippen LogP) is 5.80. The van der Waals surface area contributed by atoms with Crippen LogP contribution in [0, 0.1) is 12.7 Å². The minimum absolute atomic E-state index is 0.00570. The van der Waals surface area contributed by atoms with Gasteiger partial charge in [-0.2, -0.15) is 5.10 Å². The molecule has 2 aliphatic rings. The van der Waals surface area contributed by atoms with Crippen molar-refractivity contribution in [2.75, 3.05) is 5.01 Å². The van der Waals surface area contributed by atoms with Gasteiger partial charge in [0.05, 0.1) is 16.6 Å². The Hall–Kier alpha value is -4.56. The third-order valence-electron chi connectivity index (χ3n) is 7.37. The van der Waals surface area contributed by atoms with Crippen molar-refractivity contribution in [3.05, 3.63) is 144 Å². The van der Waals surface area contributed by atoms with E-state index >= 15 is 0 Å².